The third kappa shape index (κ3) is 5.30. The molecule has 1 unspecified atom stereocenters. The van der Waals surface area contributed by atoms with Crippen molar-refractivity contribution in [3.05, 3.63) is 89.5 Å². The lowest BCUT2D eigenvalue weighted by molar-refractivity contribution is 0.217. The van der Waals surface area contributed by atoms with Crippen LogP contribution in [-0.4, -0.2) is 24.4 Å². The fourth-order valence-corrected chi connectivity index (χ4v) is 2.84. The molecule has 5 nitrogen and oxygen atoms in total. The van der Waals surface area contributed by atoms with E-state index in [-0.39, 0.29) is 5.75 Å². The first-order valence-corrected chi connectivity index (χ1v) is 9.18. The molecule has 0 saturated carbocycles. The van der Waals surface area contributed by atoms with Crippen molar-refractivity contribution in [3.8, 4) is 23.0 Å². The summed E-state index contributed by atoms with van der Waals surface area (Å²) in [7, 11) is 3.12. The second-order valence-corrected chi connectivity index (χ2v) is 6.41. The van der Waals surface area contributed by atoms with Gasteiger partial charge in [0.1, 0.15) is 35.7 Å². The van der Waals surface area contributed by atoms with E-state index in [1.165, 1.54) is 13.2 Å². The van der Waals surface area contributed by atoms with Crippen LogP contribution in [0.15, 0.2) is 72.8 Å². The van der Waals surface area contributed by atoms with Gasteiger partial charge in [0.25, 0.3) is 0 Å². The van der Waals surface area contributed by atoms with Crippen LogP contribution in [0.5, 0.6) is 23.0 Å². The molecule has 0 aliphatic heterocycles. The molecular formula is C24H24O5. The minimum Gasteiger partial charge on any atom is -0.507 e. The average molecular weight is 392 g/mol. The normalized spacial score (nSPS) is 12.0. The molecule has 0 fully saturated rings. The molecule has 3 aromatic rings. The molecule has 0 aromatic heterocycles. The fraction of sp³-hybridized carbons (Fsp3) is 0.167. The van der Waals surface area contributed by atoms with E-state index in [1.807, 2.05) is 30.3 Å². The highest BCUT2D eigenvalue weighted by atomic mass is 16.5. The number of ether oxygens (including phenoxy) is 3. The van der Waals surface area contributed by atoms with Crippen molar-refractivity contribution in [1.29, 1.82) is 0 Å². The zero-order valence-corrected chi connectivity index (χ0v) is 16.4. The lowest BCUT2D eigenvalue weighted by Crippen LogP contribution is -2.02. The summed E-state index contributed by atoms with van der Waals surface area (Å²) in [6, 6.07) is 20.1. The van der Waals surface area contributed by atoms with E-state index in [0.717, 1.165) is 5.56 Å². The van der Waals surface area contributed by atoms with Gasteiger partial charge in [0, 0.05) is 23.3 Å². The predicted molar refractivity (Wildman–Crippen MR) is 112 cm³/mol. The molecule has 0 spiro atoms. The molecule has 0 saturated heterocycles. The highest BCUT2D eigenvalue weighted by Gasteiger charge is 2.13. The van der Waals surface area contributed by atoms with Crippen molar-refractivity contribution in [2.45, 2.75) is 12.7 Å². The molecule has 0 amide bonds. The maximum absolute atomic E-state index is 10.7. The van der Waals surface area contributed by atoms with Crippen LogP contribution in [0.25, 0.3) is 6.08 Å². The van der Waals surface area contributed by atoms with Crippen molar-refractivity contribution < 1.29 is 24.4 Å². The Morgan fingerprint density at radius 1 is 0.897 bits per heavy atom. The van der Waals surface area contributed by atoms with Crippen LogP contribution in [-0.2, 0) is 6.61 Å². The summed E-state index contributed by atoms with van der Waals surface area (Å²) in [6.45, 7) is 0.372. The molecule has 0 aliphatic carbocycles. The van der Waals surface area contributed by atoms with Crippen LogP contribution in [0.4, 0.5) is 0 Å². The van der Waals surface area contributed by atoms with Crippen molar-refractivity contribution in [3.63, 3.8) is 0 Å². The Kier molecular flexibility index (Phi) is 6.76. The number of aliphatic hydroxyl groups is 1. The largest absolute Gasteiger partial charge is 0.507 e. The second-order valence-electron chi connectivity index (χ2n) is 6.41. The summed E-state index contributed by atoms with van der Waals surface area (Å²) < 4.78 is 16.3. The van der Waals surface area contributed by atoms with Crippen molar-refractivity contribution in [2.24, 2.45) is 0 Å². The van der Waals surface area contributed by atoms with Crippen molar-refractivity contribution >= 4 is 6.08 Å². The molecule has 5 heteroatoms. The smallest absolute Gasteiger partial charge is 0.129 e. The zero-order valence-electron chi connectivity index (χ0n) is 16.4. The summed E-state index contributed by atoms with van der Waals surface area (Å²) in [5, 5.41) is 20.8. The molecular weight excluding hydrogens is 368 g/mol. The van der Waals surface area contributed by atoms with Gasteiger partial charge in [0.15, 0.2) is 0 Å². The van der Waals surface area contributed by atoms with E-state index in [4.69, 9.17) is 14.2 Å². The molecule has 29 heavy (non-hydrogen) atoms. The zero-order chi connectivity index (χ0) is 20.6. The molecule has 3 aromatic carbocycles. The number of benzene rings is 3. The van der Waals surface area contributed by atoms with Crippen LogP contribution in [0.3, 0.4) is 0 Å². The number of aliphatic hydroxyl groups excluding tert-OH is 1. The standard InChI is InChI=1S/C24H24O5/c1-27-19-10-8-18(23(26)14-19)9-13-22(25)21-12-11-20(28-2)15-24(21)29-16-17-6-4-3-5-7-17/h3-15,22,25-26H,16H2,1-2H3. The summed E-state index contributed by atoms with van der Waals surface area (Å²) in [4.78, 5) is 0. The van der Waals surface area contributed by atoms with E-state index in [9.17, 15) is 10.2 Å². The van der Waals surface area contributed by atoms with Gasteiger partial charge >= 0.3 is 0 Å². The van der Waals surface area contributed by atoms with Gasteiger partial charge in [-0.25, -0.2) is 0 Å². The minimum atomic E-state index is -0.923. The molecule has 0 aliphatic rings. The number of phenolic OH excluding ortho intramolecular Hbond substituents is 1. The quantitative estimate of drug-likeness (QED) is 0.580. The van der Waals surface area contributed by atoms with Crippen LogP contribution < -0.4 is 14.2 Å². The molecule has 3 rings (SSSR count). The third-order valence-electron chi connectivity index (χ3n) is 4.47. The lowest BCUT2D eigenvalue weighted by atomic mass is 10.1. The van der Waals surface area contributed by atoms with Gasteiger partial charge in [0.05, 0.1) is 14.2 Å². The summed E-state index contributed by atoms with van der Waals surface area (Å²) >= 11 is 0. The van der Waals surface area contributed by atoms with Gasteiger partial charge in [-0.15, -0.1) is 0 Å². The number of rotatable bonds is 8. The van der Waals surface area contributed by atoms with E-state index < -0.39 is 6.10 Å². The Morgan fingerprint density at radius 2 is 1.59 bits per heavy atom. The van der Waals surface area contributed by atoms with Crippen molar-refractivity contribution in [1.82, 2.24) is 0 Å². The van der Waals surface area contributed by atoms with Crippen molar-refractivity contribution in [2.75, 3.05) is 14.2 Å². The highest BCUT2D eigenvalue weighted by Crippen LogP contribution is 2.32. The van der Waals surface area contributed by atoms with E-state index in [2.05, 4.69) is 0 Å². The topological polar surface area (TPSA) is 68.2 Å². The Morgan fingerprint density at radius 3 is 2.28 bits per heavy atom. The number of hydrogen-bond donors (Lipinski definition) is 2. The minimum absolute atomic E-state index is 0.0723. The van der Waals surface area contributed by atoms with Crippen LogP contribution in [0, 0.1) is 0 Å². The van der Waals surface area contributed by atoms with E-state index >= 15 is 0 Å². The summed E-state index contributed by atoms with van der Waals surface area (Å²) in [5.74, 6) is 1.81. The first-order valence-electron chi connectivity index (χ1n) is 9.18. The number of phenols is 1. The molecule has 1 atom stereocenters. The van der Waals surface area contributed by atoms with Gasteiger partial charge in [-0.3, -0.25) is 0 Å². The van der Waals surface area contributed by atoms with Gasteiger partial charge in [-0.05, 0) is 29.8 Å². The number of aromatic hydroxyl groups is 1. The highest BCUT2D eigenvalue weighted by molar-refractivity contribution is 5.59. The Bertz CT molecular complexity index is 966. The first-order chi connectivity index (χ1) is 14.1. The van der Waals surface area contributed by atoms with Crippen LogP contribution >= 0.6 is 0 Å². The molecule has 2 N–H and O–H groups in total. The predicted octanol–water partition coefficient (Wildman–Crippen LogP) is 4.74. The van der Waals surface area contributed by atoms with Gasteiger partial charge in [-0.2, -0.15) is 0 Å². The Labute approximate surface area is 170 Å². The van der Waals surface area contributed by atoms with Crippen LogP contribution in [0.2, 0.25) is 0 Å². The summed E-state index contributed by atoms with van der Waals surface area (Å²) in [5.41, 5.74) is 2.20. The second kappa shape index (κ2) is 9.66. The lowest BCUT2D eigenvalue weighted by Gasteiger charge is -2.15. The summed E-state index contributed by atoms with van der Waals surface area (Å²) in [6.07, 6.45) is 2.33. The van der Waals surface area contributed by atoms with Gasteiger partial charge < -0.3 is 24.4 Å². The Hall–Kier alpha value is -3.44. The SMILES string of the molecule is COc1ccc(C=CC(O)c2ccc(OC)cc2OCc2ccccc2)c(O)c1. The maximum Gasteiger partial charge on any atom is 0.129 e. The van der Waals surface area contributed by atoms with Gasteiger partial charge in [0.2, 0.25) is 0 Å². The third-order valence-corrected chi connectivity index (χ3v) is 4.47. The number of hydrogen-bond acceptors (Lipinski definition) is 5. The maximum atomic E-state index is 10.7. The molecule has 150 valence electrons. The fourth-order valence-electron chi connectivity index (χ4n) is 2.84. The molecule has 0 radical (unpaired) electrons. The van der Waals surface area contributed by atoms with Gasteiger partial charge in [-0.1, -0.05) is 42.5 Å². The Balaban J connectivity index is 1.80. The molecule has 0 bridgehead atoms. The number of methoxy groups -OCH3 is 2. The molecule has 0 heterocycles. The average Bonchev–Trinajstić information content (AvgIpc) is 2.77. The van der Waals surface area contributed by atoms with Crippen LogP contribution in [0.1, 0.15) is 22.8 Å². The van der Waals surface area contributed by atoms with E-state index in [0.29, 0.717) is 35.0 Å². The monoisotopic (exact) mass is 392 g/mol. The first kappa shape index (κ1) is 20.3. The van der Waals surface area contributed by atoms with E-state index in [1.54, 1.807) is 49.6 Å².